The van der Waals surface area contributed by atoms with Gasteiger partial charge in [-0.2, -0.15) is 5.26 Å². The molecule has 0 aliphatic rings. The van der Waals surface area contributed by atoms with Gasteiger partial charge < -0.3 is 4.74 Å². The molecule has 0 fully saturated rings. The molecular formula is C10H11NO. The summed E-state index contributed by atoms with van der Waals surface area (Å²) in [5, 5.41) is 8.23. The number of ether oxygens (including phenoxy) is 1. The Morgan fingerprint density at radius 2 is 2.00 bits per heavy atom. The predicted octanol–water partition coefficient (Wildman–Crippen LogP) is 2.12. The average Bonchev–Trinajstić information content (AvgIpc) is 2.14. The average molecular weight is 161 g/mol. The lowest BCUT2D eigenvalue weighted by molar-refractivity contribution is 0.126. The summed E-state index contributed by atoms with van der Waals surface area (Å²) in [6, 6.07) is 12.0. The van der Waals surface area contributed by atoms with Crippen molar-refractivity contribution in [3.8, 4) is 6.07 Å². The summed E-state index contributed by atoms with van der Waals surface area (Å²) in [5.74, 6) is 0. The van der Waals surface area contributed by atoms with Gasteiger partial charge in [0.25, 0.3) is 0 Å². The van der Waals surface area contributed by atoms with Gasteiger partial charge in [-0.3, -0.25) is 0 Å². The van der Waals surface area contributed by atoms with Gasteiger partial charge in [-0.15, -0.1) is 0 Å². The second kappa shape index (κ2) is 5.34. The Bertz CT molecular complexity index is 250. The fourth-order valence-electron chi connectivity index (χ4n) is 0.882. The number of nitrogens with zero attached hydrogens (tertiary/aromatic N) is 1. The Morgan fingerprint density at radius 3 is 2.67 bits per heavy atom. The van der Waals surface area contributed by atoms with E-state index in [-0.39, 0.29) is 0 Å². The Morgan fingerprint density at radius 1 is 1.25 bits per heavy atom. The van der Waals surface area contributed by atoms with Crippen LogP contribution in [-0.4, -0.2) is 6.61 Å². The zero-order valence-electron chi connectivity index (χ0n) is 6.86. The zero-order chi connectivity index (χ0) is 8.65. The van der Waals surface area contributed by atoms with Crippen LogP contribution in [0.4, 0.5) is 0 Å². The van der Waals surface area contributed by atoms with Gasteiger partial charge in [-0.25, -0.2) is 0 Å². The quantitative estimate of drug-likeness (QED) is 0.633. The first-order chi connectivity index (χ1) is 5.93. The van der Waals surface area contributed by atoms with E-state index in [0.29, 0.717) is 19.6 Å². The van der Waals surface area contributed by atoms with E-state index < -0.39 is 0 Å². The number of nitriles is 1. The summed E-state index contributed by atoms with van der Waals surface area (Å²) in [7, 11) is 0. The molecule has 2 nitrogen and oxygen atoms in total. The Balaban J connectivity index is 2.21. The van der Waals surface area contributed by atoms with Gasteiger partial charge in [-0.1, -0.05) is 30.3 Å². The summed E-state index contributed by atoms with van der Waals surface area (Å²) in [6.45, 7) is 1.12. The minimum Gasteiger partial charge on any atom is -0.376 e. The molecule has 1 aromatic carbocycles. The maximum absolute atomic E-state index is 8.23. The first-order valence-corrected chi connectivity index (χ1v) is 3.92. The lowest BCUT2D eigenvalue weighted by atomic mass is 10.2. The third-order valence-corrected chi connectivity index (χ3v) is 1.47. The molecule has 2 heteroatoms. The molecule has 12 heavy (non-hydrogen) atoms. The van der Waals surface area contributed by atoms with E-state index in [4.69, 9.17) is 10.00 Å². The minimum absolute atomic E-state index is 0.465. The molecule has 0 heterocycles. The highest BCUT2D eigenvalue weighted by molar-refractivity contribution is 5.13. The Hall–Kier alpha value is -1.33. The van der Waals surface area contributed by atoms with Crippen LogP contribution in [0, 0.1) is 11.3 Å². The largest absolute Gasteiger partial charge is 0.376 e. The summed E-state index contributed by atoms with van der Waals surface area (Å²) < 4.78 is 5.24. The minimum atomic E-state index is 0.465. The van der Waals surface area contributed by atoms with Gasteiger partial charge in [0.15, 0.2) is 0 Å². The van der Waals surface area contributed by atoms with E-state index in [1.807, 2.05) is 36.4 Å². The number of benzene rings is 1. The summed E-state index contributed by atoms with van der Waals surface area (Å²) in [5.41, 5.74) is 1.15. The fraction of sp³-hybridized carbons (Fsp3) is 0.300. The molecule has 0 spiro atoms. The first-order valence-electron chi connectivity index (χ1n) is 3.92. The highest BCUT2D eigenvalue weighted by Gasteiger charge is 1.89. The van der Waals surface area contributed by atoms with E-state index in [0.717, 1.165) is 5.56 Å². The molecule has 1 aromatic rings. The zero-order valence-corrected chi connectivity index (χ0v) is 6.86. The maximum Gasteiger partial charge on any atom is 0.0717 e. The van der Waals surface area contributed by atoms with Gasteiger partial charge in [0, 0.05) is 0 Å². The smallest absolute Gasteiger partial charge is 0.0717 e. The molecule has 0 saturated heterocycles. The molecule has 0 aliphatic carbocycles. The van der Waals surface area contributed by atoms with Crippen molar-refractivity contribution in [1.82, 2.24) is 0 Å². The van der Waals surface area contributed by atoms with Crippen LogP contribution in [0.15, 0.2) is 30.3 Å². The van der Waals surface area contributed by atoms with Crippen LogP contribution in [0.5, 0.6) is 0 Å². The topological polar surface area (TPSA) is 33.0 Å². The van der Waals surface area contributed by atoms with Gasteiger partial charge in [0.05, 0.1) is 25.7 Å². The summed E-state index contributed by atoms with van der Waals surface area (Å²) >= 11 is 0. The lowest BCUT2D eigenvalue weighted by Gasteiger charge is -2.00. The third kappa shape index (κ3) is 3.18. The second-order valence-corrected chi connectivity index (χ2v) is 2.45. The van der Waals surface area contributed by atoms with Crippen molar-refractivity contribution in [2.45, 2.75) is 13.0 Å². The van der Waals surface area contributed by atoms with Crippen LogP contribution < -0.4 is 0 Å². The molecule has 0 N–H and O–H groups in total. The molecule has 0 unspecified atom stereocenters. The van der Waals surface area contributed by atoms with Crippen LogP contribution >= 0.6 is 0 Å². The van der Waals surface area contributed by atoms with E-state index >= 15 is 0 Å². The highest BCUT2D eigenvalue weighted by Crippen LogP contribution is 2.00. The van der Waals surface area contributed by atoms with Gasteiger partial charge in [-0.05, 0) is 5.56 Å². The van der Waals surface area contributed by atoms with E-state index in [1.54, 1.807) is 0 Å². The molecule has 0 atom stereocenters. The molecule has 0 aliphatic heterocycles. The van der Waals surface area contributed by atoms with Gasteiger partial charge in [0.1, 0.15) is 0 Å². The summed E-state index contributed by atoms with van der Waals surface area (Å²) in [4.78, 5) is 0. The van der Waals surface area contributed by atoms with E-state index in [2.05, 4.69) is 0 Å². The van der Waals surface area contributed by atoms with Crippen molar-refractivity contribution in [3.63, 3.8) is 0 Å². The number of hydrogen-bond acceptors (Lipinski definition) is 2. The van der Waals surface area contributed by atoms with Crippen LogP contribution in [0.25, 0.3) is 0 Å². The SMILES string of the molecule is N#CCCOCc1ccccc1. The second-order valence-electron chi connectivity index (χ2n) is 2.45. The fourth-order valence-corrected chi connectivity index (χ4v) is 0.882. The number of rotatable bonds is 4. The van der Waals surface area contributed by atoms with Crippen molar-refractivity contribution in [2.24, 2.45) is 0 Å². The van der Waals surface area contributed by atoms with Crippen molar-refractivity contribution < 1.29 is 4.74 Å². The molecule has 0 radical (unpaired) electrons. The molecule has 1 rings (SSSR count). The molecule has 62 valence electrons. The molecule has 0 amide bonds. The van der Waals surface area contributed by atoms with Crippen molar-refractivity contribution in [3.05, 3.63) is 35.9 Å². The van der Waals surface area contributed by atoms with Crippen LogP contribution in [0.1, 0.15) is 12.0 Å². The van der Waals surface area contributed by atoms with E-state index in [9.17, 15) is 0 Å². The third-order valence-electron chi connectivity index (χ3n) is 1.47. The molecule has 0 saturated carbocycles. The molecule has 0 aromatic heterocycles. The number of hydrogen-bond donors (Lipinski definition) is 0. The molecular weight excluding hydrogens is 150 g/mol. The molecule has 0 bridgehead atoms. The summed E-state index contributed by atoms with van der Waals surface area (Å²) in [6.07, 6.45) is 0.465. The van der Waals surface area contributed by atoms with Crippen molar-refractivity contribution >= 4 is 0 Å². The maximum atomic E-state index is 8.23. The highest BCUT2D eigenvalue weighted by atomic mass is 16.5. The van der Waals surface area contributed by atoms with E-state index in [1.165, 1.54) is 0 Å². The normalized spacial score (nSPS) is 9.25. The Labute approximate surface area is 72.4 Å². The predicted molar refractivity (Wildman–Crippen MR) is 46.3 cm³/mol. The lowest BCUT2D eigenvalue weighted by Crippen LogP contribution is -1.93. The van der Waals surface area contributed by atoms with Crippen LogP contribution in [0.3, 0.4) is 0 Å². The monoisotopic (exact) mass is 161 g/mol. The Kier molecular flexibility index (Phi) is 3.90. The van der Waals surface area contributed by atoms with Gasteiger partial charge >= 0.3 is 0 Å². The van der Waals surface area contributed by atoms with Crippen molar-refractivity contribution in [1.29, 1.82) is 5.26 Å². The van der Waals surface area contributed by atoms with Crippen molar-refractivity contribution in [2.75, 3.05) is 6.61 Å². The van der Waals surface area contributed by atoms with Gasteiger partial charge in [0.2, 0.25) is 0 Å². The van der Waals surface area contributed by atoms with Crippen LogP contribution in [0.2, 0.25) is 0 Å². The van der Waals surface area contributed by atoms with Crippen LogP contribution in [-0.2, 0) is 11.3 Å². The first kappa shape index (κ1) is 8.76. The standard InChI is InChI=1S/C10H11NO/c11-7-4-8-12-9-10-5-2-1-3-6-10/h1-3,5-6H,4,8-9H2.